The molecule has 1 fully saturated rings. The number of hydrogen-bond donors (Lipinski definition) is 2. The van der Waals surface area contributed by atoms with E-state index in [-0.39, 0.29) is 24.0 Å². The van der Waals surface area contributed by atoms with Crippen LogP contribution in [0.3, 0.4) is 0 Å². The standard InChI is InChI=1S/C22H31N5S.HI/c1-17-8-7-11-21(25-17)27-14-12-19(13-15-27)26-22(23-3)24-16-18(2)28-20-9-5-4-6-10-20;/h4-11,18-19H,12-16H2,1-3H3,(H2,23,24,26);1H. The molecular formula is C22H32IN5S. The van der Waals surface area contributed by atoms with E-state index in [0.717, 1.165) is 49.9 Å². The lowest BCUT2D eigenvalue weighted by Gasteiger charge is -2.34. The smallest absolute Gasteiger partial charge is 0.191 e. The van der Waals surface area contributed by atoms with E-state index in [2.05, 4.69) is 74.9 Å². The quantitative estimate of drug-likeness (QED) is 0.255. The third-order valence-corrected chi connectivity index (χ3v) is 6.01. The molecule has 0 spiro atoms. The van der Waals surface area contributed by atoms with Gasteiger partial charge in [-0.1, -0.05) is 31.2 Å². The first-order valence-corrected chi connectivity index (χ1v) is 10.9. The molecule has 2 N–H and O–H groups in total. The molecule has 0 radical (unpaired) electrons. The Morgan fingerprint density at radius 3 is 2.55 bits per heavy atom. The van der Waals surface area contributed by atoms with Crippen molar-refractivity contribution in [3.63, 3.8) is 0 Å². The molecule has 0 amide bonds. The molecule has 7 heteroatoms. The number of halogens is 1. The number of piperidine rings is 1. The third-order valence-electron chi connectivity index (χ3n) is 4.89. The lowest BCUT2D eigenvalue weighted by molar-refractivity contribution is 0.459. The average molecular weight is 526 g/mol. The van der Waals surface area contributed by atoms with Crippen molar-refractivity contribution in [2.24, 2.45) is 4.99 Å². The Balaban J connectivity index is 0.00000300. The number of pyridine rings is 1. The van der Waals surface area contributed by atoms with Crippen molar-refractivity contribution >= 4 is 47.5 Å². The molecule has 5 nitrogen and oxygen atoms in total. The highest BCUT2D eigenvalue weighted by Gasteiger charge is 2.21. The summed E-state index contributed by atoms with van der Waals surface area (Å²) < 4.78 is 0. The van der Waals surface area contributed by atoms with E-state index in [9.17, 15) is 0 Å². The van der Waals surface area contributed by atoms with Gasteiger partial charge in [0.1, 0.15) is 5.82 Å². The van der Waals surface area contributed by atoms with Gasteiger partial charge >= 0.3 is 0 Å². The highest BCUT2D eigenvalue weighted by atomic mass is 127. The Morgan fingerprint density at radius 1 is 1.17 bits per heavy atom. The first kappa shape index (κ1) is 23.8. The molecule has 1 unspecified atom stereocenters. The van der Waals surface area contributed by atoms with Gasteiger partial charge in [-0.2, -0.15) is 0 Å². The predicted molar refractivity (Wildman–Crippen MR) is 136 cm³/mol. The fraction of sp³-hybridized carbons (Fsp3) is 0.455. The number of anilines is 1. The van der Waals surface area contributed by atoms with Crippen molar-refractivity contribution < 1.29 is 0 Å². The summed E-state index contributed by atoms with van der Waals surface area (Å²) in [5.41, 5.74) is 1.07. The van der Waals surface area contributed by atoms with Crippen LogP contribution < -0.4 is 15.5 Å². The van der Waals surface area contributed by atoms with Crippen LogP contribution in [0.4, 0.5) is 5.82 Å². The van der Waals surface area contributed by atoms with Gasteiger partial charge in [0.2, 0.25) is 0 Å². The first-order chi connectivity index (χ1) is 13.6. The van der Waals surface area contributed by atoms with Crippen LogP contribution in [-0.4, -0.2) is 48.9 Å². The zero-order chi connectivity index (χ0) is 19.8. The third kappa shape index (κ3) is 7.70. The number of guanidine groups is 1. The SMILES string of the molecule is CN=C(NCC(C)Sc1ccccc1)NC1CCN(c2cccc(C)n2)CC1.I. The Labute approximate surface area is 196 Å². The van der Waals surface area contributed by atoms with Gasteiger partial charge in [-0.3, -0.25) is 4.99 Å². The zero-order valence-corrected chi connectivity index (χ0v) is 20.6. The maximum Gasteiger partial charge on any atom is 0.191 e. The molecule has 0 aliphatic carbocycles. The molecule has 1 aromatic heterocycles. The van der Waals surface area contributed by atoms with Crippen molar-refractivity contribution in [3.8, 4) is 0 Å². The maximum absolute atomic E-state index is 4.65. The summed E-state index contributed by atoms with van der Waals surface area (Å²) in [4.78, 5) is 12.7. The van der Waals surface area contributed by atoms with Crippen LogP contribution in [0.5, 0.6) is 0 Å². The molecule has 1 aliphatic rings. The normalized spacial score (nSPS) is 16.1. The van der Waals surface area contributed by atoms with E-state index in [4.69, 9.17) is 0 Å². The number of aliphatic imine (C=N–C) groups is 1. The van der Waals surface area contributed by atoms with E-state index < -0.39 is 0 Å². The number of rotatable bonds is 6. The van der Waals surface area contributed by atoms with Crippen molar-refractivity contribution in [2.45, 2.75) is 42.9 Å². The molecule has 29 heavy (non-hydrogen) atoms. The monoisotopic (exact) mass is 525 g/mol. The van der Waals surface area contributed by atoms with Crippen LogP contribution in [-0.2, 0) is 0 Å². The van der Waals surface area contributed by atoms with Crippen LogP contribution >= 0.6 is 35.7 Å². The van der Waals surface area contributed by atoms with Gasteiger partial charge < -0.3 is 15.5 Å². The van der Waals surface area contributed by atoms with Gasteiger partial charge in [-0.15, -0.1) is 35.7 Å². The molecule has 2 aromatic rings. The number of thioether (sulfide) groups is 1. The second-order valence-electron chi connectivity index (χ2n) is 7.24. The highest BCUT2D eigenvalue weighted by Crippen LogP contribution is 2.22. The van der Waals surface area contributed by atoms with Gasteiger partial charge in [0.15, 0.2) is 5.96 Å². The van der Waals surface area contributed by atoms with Gasteiger partial charge in [0, 0.05) is 48.6 Å². The molecule has 158 valence electrons. The maximum atomic E-state index is 4.65. The van der Waals surface area contributed by atoms with Gasteiger partial charge in [-0.25, -0.2) is 4.98 Å². The number of nitrogens with one attached hydrogen (secondary N) is 2. The second kappa shape index (κ2) is 12.3. The minimum atomic E-state index is 0. The van der Waals surface area contributed by atoms with E-state index in [1.54, 1.807) is 0 Å². The zero-order valence-electron chi connectivity index (χ0n) is 17.5. The lowest BCUT2D eigenvalue weighted by Crippen LogP contribution is -2.49. The molecule has 2 heterocycles. The average Bonchev–Trinajstić information content (AvgIpc) is 2.72. The fourth-order valence-corrected chi connectivity index (χ4v) is 4.30. The lowest BCUT2D eigenvalue weighted by atomic mass is 10.1. The summed E-state index contributed by atoms with van der Waals surface area (Å²) in [5.74, 6) is 1.99. The van der Waals surface area contributed by atoms with Crippen LogP contribution in [0, 0.1) is 6.92 Å². The van der Waals surface area contributed by atoms with Crippen molar-refractivity contribution in [3.05, 3.63) is 54.2 Å². The molecule has 0 bridgehead atoms. The highest BCUT2D eigenvalue weighted by molar-refractivity contribution is 14.0. The van der Waals surface area contributed by atoms with Crippen LogP contribution in [0.15, 0.2) is 58.4 Å². The van der Waals surface area contributed by atoms with E-state index in [0.29, 0.717) is 11.3 Å². The van der Waals surface area contributed by atoms with E-state index in [1.165, 1.54) is 4.90 Å². The largest absolute Gasteiger partial charge is 0.356 e. The van der Waals surface area contributed by atoms with Crippen LogP contribution in [0.25, 0.3) is 0 Å². The van der Waals surface area contributed by atoms with Crippen molar-refractivity contribution in [1.82, 2.24) is 15.6 Å². The van der Waals surface area contributed by atoms with Crippen LogP contribution in [0.1, 0.15) is 25.5 Å². The summed E-state index contributed by atoms with van der Waals surface area (Å²) >= 11 is 1.88. The Morgan fingerprint density at radius 2 is 1.90 bits per heavy atom. The summed E-state index contributed by atoms with van der Waals surface area (Å²) in [6.07, 6.45) is 2.18. The summed E-state index contributed by atoms with van der Waals surface area (Å²) in [6, 6.07) is 17.2. The fourth-order valence-electron chi connectivity index (χ4n) is 3.36. The van der Waals surface area contributed by atoms with Crippen molar-refractivity contribution in [2.75, 3.05) is 31.6 Å². The predicted octanol–water partition coefficient (Wildman–Crippen LogP) is 4.32. The Kier molecular flexibility index (Phi) is 10.1. The number of hydrogen-bond acceptors (Lipinski definition) is 4. The van der Waals surface area contributed by atoms with E-state index >= 15 is 0 Å². The van der Waals surface area contributed by atoms with Gasteiger partial charge in [0.05, 0.1) is 0 Å². The molecule has 1 aliphatic heterocycles. The van der Waals surface area contributed by atoms with Crippen LogP contribution in [0.2, 0.25) is 0 Å². The Bertz CT molecular complexity index is 763. The van der Waals surface area contributed by atoms with E-state index in [1.807, 2.05) is 31.8 Å². The van der Waals surface area contributed by atoms with Gasteiger partial charge in [-0.05, 0) is 44.0 Å². The number of aryl methyl sites for hydroxylation is 1. The molecule has 1 saturated heterocycles. The Hall–Kier alpha value is -1.48. The molecule has 0 saturated carbocycles. The number of benzene rings is 1. The number of nitrogens with zero attached hydrogens (tertiary/aromatic N) is 3. The molecule has 1 atom stereocenters. The van der Waals surface area contributed by atoms with Gasteiger partial charge in [0.25, 0.3) is 0 Å². The molecule has 3 rings (SSSR count). The van der Waals surface area contributed by atoms with Crippen molar-refractivity contribution in [1.29, 1.82) is 0 Å². The summed E-state index contributed by atoms with van der Waals surface area (Å²) in [5, 5.41) is 7.54. The second-order valence-corrected chi connectivity index (χ2v) is 8.75. The number of aromatic nitrogens is 1. The topological polar surface area (TPSA) is 52.6 Å². The minimum absolute atomic E-state index is 0. The minimum Gasteiger partial charge on any atom is -0.356 e. The molecular weight excluding hydrogens is 493 g/mol. The first-order valence-electron chi connectivity index (χ1n) is 10.0. The summed E-state index contributed by atoms with van der Waals surface area (Å²) in [6.45, 7) is 7.21. The summed E-state index contributed by atoms with van der Waals surface area (Å²) in [7, 11) is 1.84. The molecule has 1 aromatic carbocycles.